The van der Waals surface area contributed by atoms with Crippen molar-refractivity contribution in [1.29, 1.82) is 0 Å². The Kier molecular flexibility index (Phi) is 12.2. The molecule has 0 fully saturated rings. The van der Waals surface area contributed by atoms with E-state index in [0.717, 1.165) is 19.3 Å². The lowest BCUT2D eigenvalue weighted by Crippen LogP contribution is -2.03. The second-order valence-corrected chi connectivity index (χ2v) is 4.16. The van der Waals surface area contributed by atoms with Crippen molar-refractivity contribution in [2.24, 2.45) is 0 Å². The molecule has 17 heavy (non-hydrogen) atoms. The molecule has 0 atom stereocenters. The van der Waals surface area contributed by atoms with E-state index in [-0.39, 0.29) is 5.97 Å². The largest absolute Gasteiger partial charge is 0.461 e. The Hall–Kier alpha value is -1.05. The second kappa shape index (κ2) is 13.0. The van der Waals surface area contributed by atoms with E-state index in [1.54, 1.807) is 6.08 Å². The Balaban J connectivity index is 3.15. The highest BCUT2D eigenvalue weighted by atomic mass is 16.5. The molecular weight excluding hydrogens is 212 g/mol. The zero-order valence-electron chi connectivity index (χ0n) is 11.1. The van der Waals surface area contributed by atoms with Crippen LogP contribution in [0, 0.1) is 0 Å². The van der Waals surface area contributed by atoms with Gasteiger partial charge >= 0.3 is 5.97 Å². The monoisotopic (exact) mass is 238 g/mol. The van der Waals surface area contributed by atoms with Crippen LogP contribution in [0.5, 0.6) is 0 Å². The van der Waals surface area contributed by atoms with Gasteiger partial charge in [-0.3, -0.25) is 4.79 Å². The van der Waals surface area contributed by atoms with Gasteiger partial charge in [-0.05, 0) is 25.7 Å². The van der Waals surface area contributed by atoms with Crippen LogP contribution in [-0.4, -0.2) is 12.6 Å². The molecular formula is C15H26O2. The predicted octanol–water partition coefficient (Wildman–Crippen LogP) is 4.41. The minimum absolute atomic E-state index is 0.101. The van der Waals surface area contributed by atoms with Crippen LogP contribution in [0.1, 0.15) is 58.3 Å². The number of carbonyl (C=O) groups is 1. The van der Waals surface area contributed by atoms with Crippen LogP contribution >= 0.6 is 0 Å². The fourth-order valence-corrected chi connectivity index (χ4v) is 1.57. The van der Waals surface area contributed by atoms with E-state index in [1.165, 1.54) is 25.7 Å². The maximum Gasteiger partial charge on any atom is 0.306 e. The van der Waals surface area contributed by atoms with Crippen molar-refractivity contribution >= 4 is 5.97 Å². The topological polar surface area (TPSA) is 26.3 Å². The molecule has 0 saturated carbocycles. The molecule has 0 aliphatic rings. The van der Waals surface area contributed by atoms with E-state index in [1.807, 2.05) is 0 Å². The van der Waals surface area contributed by atoms with Crippen LogP contribution in [0.2, 0.25) is 0 Å². The van der Waals surface area contributed by atoms with Crippen LogP contribution in [-0.2, 0) is 9.53 Å². The molecule has 0 bridgehead atoms. The summed E-state index contributed by atoms with van der Waals surface area (Å²) in [7, 11) is 0. The van der Waals surface area contributed by atoms with Gasteiger partial charge in [-0.25, -0.2) is 0 Å². The Bertz CT molecular complexity index is 219. The standard InChI is InChI=1S/C15H26O2/c1-3-5-6-7-8-9-10-11-12-13-15(16)17-14-4-2/h4-6H,2-3,7-14H2,1H3/b6-5+. The lowest BCUT2D eigenvalue weighted by atomic mass is 10.1. The number of esters is 1. The van der Waals surface area contributed by atoms with Crippen molar-refractivity contribution in [2.75, 3.05) is 6.61 Å². The van der Waals surface area contributed by atoms with Crippen molar-refractivity contribution in [3.05, 3.63) is 24.8 Å². The van der Waals surface area contributed by atoms with Crippen LogP contribution < -0.4 is 0 Å². The number of allylic oxidation sites excluding steroid dienone is 2. The average molecular weight is 238 g/mol. The molecule has 2 heteroatoms. The average Bonchev–Trinajstić information content (AvgIpc) is 2.34. The van der Waals surface area contributed by atoms with Crippen molar-refractivity contribution < 1.29 is 9.53 Å². The summed E-state index contributed by atoms with van der Waals surface area (Å²) in [4.78, 5) is 11.1. The molecule has 0 rings (SSSR count). The first-order valence-electron chi connectivity index (χ1n) is 6.72. The first kappa shape index (κ1) is 16.0. The molecule has 98 valence electrons. The number of rotatable bonds is 11. The highest BCUT2D eigenvalue weighted by Gasteiger charge is 2.00. The third-order valence-electron chi connectivity index (χ3n) is 2.52. The molecule has 0 aromatic carbocycles. The van der Waals surface area contributed by atoms with Crippen molar-refractivity contribution in [1.82, 2.24) is 0 Å². The zero-order chi connectivity index (χ0) is 12.8. The van der Waals surface area contributed by atoms with E-state index in [4.69, 9.17) is 4.74 Å². The van der Waals surface area contributed by atoms with E-state index in [9.17, 15) is 4.79 Å². The van der Waals surface area contributed by atoms with Crippen LogP contribution in [0.25, 0.3) is 0 Å². The van der Waals surface area contributed by atoms with Gasteiger partial charge in [0.05, 0.1) is 0 Å². The number of ether oxygens (including phenoxy) is 1. The van der Waals surface area contributed by atoms with Gasteiger partial charge < -0.3 is 4.74 Å². The third-order valence-corrected chi connectivity index (χ3v) is 2.52. The summed E-state index contributed by atoms with van der Waals surface area (Å²) in [6.45, 7) is 5.99. The maximum atomic E-state index is 11.1. The fourth-order valence-electron chi connectivity index (χ4n) is 1.57. The molecule has 0 aliphatic heterocycles. The lowest BCUT2D eigenvalue weighted by molar-refractivity contribution is -0.142. The molecule has 2 nitrogen and oxygen atoms in total. The minimum atomic E-state index is -0.101. The number of unbranched alkanes of at least 4 members (excludes halogenated alkanes) is 5. The first-order valence-corrected chi connectivity index (χ1v) is 6.72. The highest BCUT2D eigenvalue weighted by Crippen LogP contribution is 2.08. The zero-order valence-corrected chi connectivity index (χ0v) is 11.1. The summed E-state index contributed by atoms with van der Waals surface area (Å²) in [6, 6.07) is 0. The minimum Gasteiger partial charge on any atom is -0.461 e. The summed E-state index contributed by atoms with van der Waals surface area (Å²) in [5, 5.41) is 0. The van der Waals surface area contributed by atoms with Gasteiger partial charge in [-0.15, -0.1) is 0 Å². The molecule has 0 N–H and O–H groups in total. The van der Waals surface area contributed by atoms with Gasteiger partial charge in [0.25, 0.3) is 0 Å². The van der Waals surface area contributed by atoms with Crippen molar-refractivity contribution in [3.63, 3.8) is 0 Å². The second-order valence-electron chi connectivity index (χ2n) is 4.16. The summed E-state index contributed by atoms with van der Waals surface area (Å²) < 4.78 is 4.90. The van der Waals surface area contributed by atoms with Crippen molar-refractivity contribution in [2.45, 2.75) is 58.3 Å². The molecule has 0 aromatic rings. The Morgan fingerprint density at radius 2 is 1.82 bits per heavy atom. The lowest BCUT2D eigenvalue weighted by Gasteiger charge is -2.01. The van der Waals surface area contributed by atoms with E-state index >= 15 is 0 Å². The summed E-state index contributed by atoms with van der Waals surface area (Å²) >= 11 is 0. The van der Waals surface area contributed by atoms with E-state index < -0.39 is 0 Å². The summed E-state index contributed by atoms with van der Waals surface area (Å²) in [5.41, 5.74) is 0. The van der Waals surface area contributed by atoms with Gasteiger partial charge in [0.15, 0.2) is 0 Å². The number of hydrogen-bond donors (Lipinski definition) is 0. The molecule has 0 unspecified atom stereocenters. The SMILES string of the molecule is C=CCOC(=O)CCCCCCC/C=C/CC. The summed E-state index contributed by atoms with van der Waals surface area (Å²) in [5.74, 6) is -0.101. The summed E-state index contributed by atoms with van der Waals surface area (Å²) in [6.07, 6.45) is 14.7. The van der Waals surface area contributed by atoms with E-state index in [0.29, 0.717) is 13.0 Å². The quantitative estimate of drug-likeness (QED) is 0.303. The molecule has 0 heterocycles. The molecule has 0 saturated heterocycles. The van der Waals surface area contributed by atoms with E-state index in [2.05, 4.69) is 25.7 Å². The first-order chi connectivity index (χ1) is 8.31. The molecule has 0 spiro atoms. The maximum absolute atomic E-state index is 11.1. The number of carbonyl (C=O) groups excluding carboxylic acids is 1. The molecule has 0 aliphatic carbocycles. The van der Waals surface area contributed by atoms with Crippen LogP contribution in [0.3, 0.4) is 0 Å². The third kappa shape index (κ3) is 12.9. The van der Waals surface area contributed by atoms with Gasteiger partial charge in [-0.1, -0.05) is 51.0 Å². The normalized spacial score (nSPS) is 10.6. The van der Waals surface area contributed by atoms with Crippen LogP contribution in [0.4, 0.5) is 0 Å². The van der Waals surface area contributed by atoms with Gasteiger partial charge in [0.2, 0.25) is 0 Å². The Morgan fingerprint density at radius 1 is 1.12 bits per heavy atom. The van der Waals surface area contributed by atoms with Gasteiger partial charge in [0, 0.05) is 6.42 Å². The highest BCUT2D eigenvalue weighted by molar-refractivity contribution is 5.69. The predicted molar refractivity (Wildman–Crippen MR) is 72.9 cm³/mol. The molecule has 0 amide bonds. The van der Waals surface area contributed by atoms with Crippen LogP contribution in [0.15, 0.2) is 24.8 Å². The number of hydrogen-bond acceptors (Lipinski definition) is 2. The molecule has 0 aromatic heterocycles. The molecule has 0 radical (unpaired) electrons. The van der Waals surface area contributed by atoms with Gasteiger partial charge in [0.1, 0.15) is 6.61 Å². The van der Waals surface area contributed by atoms with Gasteiger partial charge in [-0.2, -0.15) is 0 Å². The Morgan fingerprint density at radius 3 is 2.53 bits per heavy atom. The fraction of sp³-hybridized carbons (Fsp3) is 0.667. The Labute approximate surface area is 106 Å². The van der Waals surface area contributed by atoms with Crippen molar-refractivity contribution in [3.8, 4) is 0 Å². The smallest absolute Gasteiger partial charge is 0.306 e.